The molecule has 21 heavy (non-hydrogen) atoms. The largest absolute Gasteiger partial charge is 0.494 e. The molecule has 0 saturated carbocycles. The predicted molar refractivity (Wildman–Crippen MR) is 92.9 cm³/mol. The van der Waals surface area contributed by atoms with Crippen LogP contribution in [0.4, 0.5) is 0 Å². The number of benzene rings is 1. The molecule has 0 unspecified atom stereocenters. The van der Waals surface area contributed by atoms with Crippen LogP contribution in [-0.2, 0) is 0 Å². The minimum atomic E-state index is 0.692. The minimum absolute atomic E-state index is 0.692. The molecule has 0 N–H and O–H groups in total. The summed E-state index contributed by atoms with van der Waals surface area (Å²) < 4.78 is 5.46. The molecule has 3 rings (SSSR count). The number of hydrogen-bond donors (Lipinski definition) is 0. The van der Waals surface area contributed by atoms with Crippen LogP contribution in [0.15, 0.2) is 34.5 Å². The second-order valence-electron chi connectivity index (χ2n) is 4.77. The van der Waals surface area contributed by atoms with E-state index in [0.717, 1.165) is 41.0 Å². The molecule has 0 bridgehead atoms. The summed E-state index contributed by atoms with van der Waals surface area (Å²) in [5.74, 6) is 4.17. The van der Waals surface area contributed by atoms with Gasteiger partial charge in [0.05, 0.1) is 12.3 Å². The summed E-state index contributed by atoms with van der Waals surface area (Å²) in [7, 11) is 0. The first-order valence-electron chi connectivity index (χ1n) is 7.20. The van der Waals surface area contributed by atoms with Crippen LogP contribution in [0.1, 0.15) is 12.5 Å². The van der Waals surface area contributed by atoms with Crippen molar-refractivity contribution in [3.05, 3.63) is 29.8 Å². The van der Waals surface area contributed by atoms with Gasteiger partial charge in [-0.1, -0.05) is 11.8 Å². The van der Waals surface area contributed by atoms with Gasteiger partial charge in [-0.2, -0.15) is 16.9 Å². The smallest absolute Gasteiger partial charge is 0.186 e. The topological polar surface area (TPSA) is 37.2 Å². The fourth-order valence-corrected chi connectivity index (χ4v) is 4.11. The van der Waals surface area contributed by atoms with E-state index in [2.05, 4.69) is 27.2 Å². The molecule has 2 aliphatic heterocycles. The van der Waals surface area contributed by atoms with E-state index in [9.17, 15) is 0 Å². The predicted octanol–water partition coefficient (Wildman–Crippen LogP) is 2.94. The molecule has 4 nitrogen and oxygen atoms in total. The zero-order chi connectivity index (χ0) is 14.5. The highest BCUT2D eigenvalue weighted by atomic mass is 32.2. The summed E-state index contributed by atoms with van der Waals surface area (Å²) in [6.45, 7) is 4.86. The highest BCUT2D eigenvalue weighted by Gasteiger charge is 2.19. The lowest BCUT2D eigenvalue weighted by molar-refractivity contribution is 0.340. The van der Waals surface area contributed by atoms with Gasteiger partial charge in [-0.25, -0.2) is 0 Å². The lowest BCUT2D eigenvalue weighted by Crippen LogP contribution is -2.37. The van der Waals surface area contributed by atoms with Gasteiger partial charge in [0.2, 0.25) is 0 Å². The Balaban J connectivity index is 1.69. The molecule has 0 spiro atoms. The minimum Gasteiger partial charge on any atom is -0.494 e. The fourth-order valence-electron chi connectivity index (χ4n) is 2.25. The second-order valence-corrected chi connectivity index (χ2v) is 6.94. The number of ether oxygens (including phenoxy) is 1. The fraction of sp³-hybridized carbons (Fsp3) is 0.467. The molecule has 2 aliphatic rings. The molecule has 1 aromatic rings. The third-order valence-corrected chi connectivity index (χ3v) is 5.33. The van der Waals surface area contributed by atoms with Crippen LogP contribution in [0.25, 0.3) is 0 Å². The standard InChI is InChI=1S/C15H19N3OS2/c1-2-19-13-5-3-12(4-6-13)14-11-21-15(17-16-14)18-7-9-20-10-8-18/h3-6H,2,7-11H2,1H3. The van der Waals surface area contributed by atoms with E-state index in [1.165, 1.54) is 11.5 Å². The maximum atomic E-state index is 5.46. The number of thioether (sulfide) groups is 2. The third kappa shape index (κ3) is 3.74. The number of hydrogen-bond acceptors (Lipinski definition) is 6. The number of rotatable bonds is 3. The van der Waals surface area contributed by atoms with Gasteiger partial charge in [0.25, 0.3) is 0 Å². The van der Waals surface area contributed by atoms with Crippen molar-refractivity contribution in [3.8, 4) is 5.75 Å². The molecule has 0 aliphatic carbocycles. The van der Waals surface area contributed by atoms with Crippen LogP contribution >= 0.6 is 23.5 Å². The monoisotopic (exact) mass is 321 g/mol. The lowest BCUT2D eigenvalue weighted by atomic mass is 10.1. The molecule has 2 heterocycles. The molecule has 6 heteroatoms. The second kappa shape index (κ2) is 7.22. The van der Waals surface area contributed by atoms with E-state index in [-0.39, 0.29) is 0 Å². The van der Waals surface area contributed by atoms with Crippen molar-refractivity contribution in [2.75, 3.05) is 37.0 Å². The van der Waals surface area contributed by atoms with Crippen molar-refractivity contribution in [1.82, 2.24) is 4.90 Å². The first-order valence-corrected chi connectivity index (χ1v) is 9.34. The zero-order valence-electron chi connectivity index (χ0n) is 12.1. The first kappa shape index (κ1) is 14.8. The van der Waals surface area contributed by atoms with Crippen molar-refractivity contribution in [2.45, 2.75) is 6.92 Å². The van der Waals surface area contributed by atoms with Crippen LogP contribution in [-0.4, -0.2) is 52.7 Å². The molecule has 0 amide bonds. The van der Waals surface area contributed by atoms with Crippen molar-refractivity contribution >= 4 is 34.4 Å². The maximum absolute atomic E-state index is 5.46. The van der Waals surface area contributed by atoms with Crippen LogP contribution in [0, 0.1) is 0 Å². The van der Waals surface area contributed by atoms with E-state index in [4.69, 9.17) is 4.74 Å². The quantitative estimate of drug-likeness (QED) is 0.858. The van der Waals surface area contributed by atoms with Crippen LogP contribution in [0.5, 0.6) is 5.75 Å². The van der Waals surface area contributed by atoms with Crippen molar-refractivity contribution in [1.29, 1.82) is 0 Å². The molecule has 1 saturated heterocycles. The van der Waals surface area contributed by atoms with E-state index >= 15 is 0 Å². The Morgan fingerprint density at radius 1 is 1.14 bits per heavy atom. The summed E-state index contributed by atoms with van der Waals surface area (Å²) >= 11 is 3.80. The Bertz CT molecular complexity index is 536. The summed E-state index contributed by atoms with van der Waals surface area (Å²) in [6.07, 6.45) is 0. The molecular weight excluding hydrogens is 302 g/mol. The van der Waals surface area contributed by atoms with Gasteiger partial charge in [-0.3, -0.25) is 0 Å². The molecule has 1 fully saturated rings. The van der Waals surface area contributed by atoms with Gasteiger partial charge in [-0.05, 0) is 36.8 Å². The SMILES string of the molecule is CCOc1ccc(C2=NN=C(N3CCSCC3)SC2)cc1. The van der Waals surface area contributed by atoms with Crippen molar-refractivity contribution in [3.63, 3.8) is 0 Å². The third-order valence-electron chi connectivity index (χ3n) is 3.37. The molecule has 112 valence electrons. The Morgan fingerprint density at radius 2 is 1.90 bits per heavy atom. The Kier molecular flexibility index (Phi) is 5.08. The normalized spacial score (nSPS) is 19.0. The van der Waals surface area contributed by atoms with Gasteiger partial charge in [0.15, 0.2) is 5.17 Å². The average molecular weight is 321 g/mol. The Hall–Kier alpha value is -1.14. The Labute approximate surface area is 134 Å². The van der Waals surface area contributed by atoms with E-state index < -0.39 is 0 Å². The van der Waals surface area contributed by atoms with E-state index in [0.29, 0.717) is 6.61 Å². The molecule has 1 aromatic carbocycles. The molecular formula is C15H19N3OS2. The van der Waals surface area contributed by atoms with Crippen LogP contribution < -0.4 is 4.74 Å². The first-order chi connectivity index (χ1) is 10.4. The van der Waals surface area contributed by atoms with Crippen molar-refractivity contribution in [2.24, 2.45) is 10.2 Å². The van der Waals surface area contributed by atoms with Crippen LogP contribution in [0.2, 0.25) is 0 Å². The van der Waals surface area contributed by atoms with Crippen molar-refractivity contribution < 1.29 is 4.74 Å². The van der Waals surface area contributed by atoms with E-state index in [1.54, 1.807) is 11.8 Å². The summed E-state index contributed by atoms with van der Waals surface area (Å²) in [6, 6.07) is 8.10. The average Bonchev–Trinajstić information content (AvgIpc) is 2.57. The molecule has 0 aromatic heterocycles. The number of amidine groups is 1. The lowest BCUT2D eigenvalue weighted by Gasteiger charge is -2.29. The Morgan fingerprint density at radius 3 is 2.52 bits per heavy atom. The summed E-state index contributed by atoms with van der Waals surface area (Å²) in [5.41, 5.74) is 2.17. The van der Waals surface area contributed by atoms with Gasteiger partial charge in [0, 0.05) is 30.3 Å². The highest BCUT2D eigenvalue weighted by molar-refractivity contribution is 8.14. The summed E-state index contributed by atoms with van der Waals surface area (Å²) in [4.78, 5) is 2.35. The van der Waals surface area contributed by atoms with Gasteiger partial charge < -0.3 is 9.64 Å². The number of nitrogens with zero attached hydrogens (tertiary/aromatic N) is 3. The van der Waals surface area contributed by atoms with Gasteiger partial charge in [0.1, 0.15) is 5.75 Å². The molecule has 0 atom stereocenters. The molecule has 0 radical (unpaired) electrons. The van der Waals surface area contributed by atoms with Gasteiger partial charge in [-0.15, -0.1) is 5.10 Å². The van der Waals surface area contributed by atoms with E-state index in [1.807, 2.05) is 30.8 Å². The maximum Gasteiger partial charge on any atom is 0.186 e. The van der Waals surface area contributed by atoms with Gasteiger partial charge >= 0.3 is 0 Å². The highest BCUT2D eigenvalue weighted by Crippen LogP contribution is 2.22. The zero-order valence-corrected chi connectivity index (χ0v) is 13.8. The summed E-state index contributed by atoms with van der Waals surface area (Å²) in [5, 5.41) is 9.92. The van der Waals surface area contributed by atoms with Crippen LogP contribution in [0.3, 0.4) is 0 Å².